The van der Waals surface area contributed by atoms with Crippen molar-refractivity contribution < 1.29 is 8.78 Å². The van der Waals surface area contributed by atoms with Gasteiger partial charge in [-0.15, -0.1) is 0 Å². The van der Waals surface area contributed by atoms with E-state index in [1.807, 2.05) is 6.07 Å². The molecule has 1 nitrogen and oxygen atoms in total. The normalized spacial score (nSPS) is 20.9. The Balaban J connectivity index is 2.33. The van der Waals surface area contributed by atoms with Gasteiger partial charge in [0, 0.05) is 11.6 Å². The molecule has 82 valence electrons. The molecule has 0 bridgehead atoms. The Bertz CT molecular complexity index is 334. The second-order valence-corrected chi connectivity index (χ2v) is 4.08. The highest BCUT2D eigenvalue weighted by Gasteiger charge is 2.18. The molecule has 0 radical (unpaired) electrons. The molecule has 3 heteroatoms. The van der Waals surface area contributed by atoms with E-state index >= 15 is 0 Å². The molecule has 1 saturated heterocycles. The van der Waals surface area contributed by atoms with Crippen LogP contribution in [0.2, 0.25) is 0 Å². The first-order valence-electron chi connectivity index (χ1n) is 5.30. The minimum Gasteiger partial charge on any atom is -0.310 e. The van der Waals surface area contributed by atoms with Crippen molar-refractivity contribution in [1.29, 1.82) is 0 Å². The molecule has 0 saturated carbocycles. The molecular weight excluding hydrogens is 196 g/mol. The Hall–Kier alpha value is -0.960. The maximum atomic E-state index is 13.5. The van der Waals surface area contributed by atoms with Crippen LogP contribution in [-0.2, 0) is 6.67 Å². The standard InChI is InChI=1S/C12H15F2N/c1-8-5-9(12-3-2-4-15-12)6-11(14)10(8)7-13/h5-6,12,15H,2-4,7H2,1H3. The third kappa shape index (κ3) is 2.02. The van der Waals surface area contributed by atoms with Gasteiger partial charge in [0.15, 0.2) is 0 Å². The highest BCUT2D eigenvalue weighted by Crippen LogP contribution is 2.26. The summed E-state index contributed by atoms with van der Waals surface area (Å²) in [6.07, 6.45) is 2.16. The second-order valence-electron chi connectivity index (χ2n) is 4.08. The molecule has 15 heavy (non-hydrogen) atoms. The van der Waals surface area contributed by atoms with Crippen molar-refractivity contribution in [3.8, 4) is 0 Å². The van der Waals surface area contributed by atoms with Crippen molar-refractivity contribution in [3.05, 3.63) is 34.6 Å². The van der Waals surface area contributed by atoms with Crippen LogP contribution in [0.15, 0.2) is 12.1 Å². The third-order valence-electron chi connectivity index (χ3n) is 3.04. The Labute approximate surface area is 88.5 Å². The highest BCUT2D eigenvalue weighted by atomic mass is 19.1. The van der Waals surface area contributed by atoms with Crippen LogP contribution >= 0.6 is 0 Å². The molecule has 0 amide bonds. The summed E-state index contributed by atoms with van der Waals surface area (Å²) in [5.41, 5.74) is 1.85. The fraction of sp³-hybridized carbons (Fsp3) is 0.500. The van der Waals surface area contributed by atoms with Crippen LogP contribution in [0.25, 0.3) is 0 Å². The Morgan fingerprint density at radius 1 is 1.47 bits per heavy atom. The summed E-state index contributed by atoms with van der Waals surface area (Å²) < 4.78 is 26.0. The van der Waals surface area contributed by atoms with E-state index in [0.717, 1.165) is 24.9 Å². The van der Waals surface area contributed by atoms with Gasteiger partial charge in [0.25, 0.3) is 0 Å². The average Bonchev–Trinajstić information content (AvgIpc) is 2.69. The summed E-state index contributed by atoms with van der Waals surface area (Å²) in [5, 5.41) is 3.30. The van der Waals surface area contributed by atoms with Gasteiger partial charge in [0.1, 0.15) is 12.5 Å². The Morgan fingerprint density at radius 2 is 2.27 bits per heavy atom. The van der Waals surface area contributed by atoms with E-state index in [4.69, 9.17) is 0 Å². The van der Waals surface area contributed by atoms with Gasteiger partial charge in [-0.3, -0.25) is 0 Å². The van der Waals surface area contributed by atoms with Crippen molar-refractivity contribution in [2.75, 3.05) is 6.54 Å². The monoisotopic (exact) mass is 211 g/mol. The molecule has 1 aromatic carbocycles. The van der Waals surface area contributed by atoms with Crippen molar-refractivity contribution in [2.45, 2.75) is 32.5 Å². The molecule has 2 rings (SSSR count). The maximum absolute atomic E-state index is 13.5. The minimum atomic E-state index is -0.726. The molecular formula is C12H15F2N. The van der Waals surface area contributed by atoms with Crippen molar-refractivity contribution in [2.24, 2.45) is 0 Å². The van der Waals surface area contributed by atoms with E-state index in [-0.39, 0.29) is 11.6 Å². The maximum Gasteiger partial charge on any atom is 0.129 e. The summed E-state index contributed by atoms with van der Waals surface area (Å²) >= 11 is 0. The van der Waals surface area contributed by atoms with Crippen LogP contribution < -0.4 is 5.32 Å². The number of rotatable bonds is 2. The Morgan fingerprint density at radius 3 is 2.80 bits per heavy atom. The molecule has 1 unspecified atom stereocenters. The summed E-state index contributed by atoms with van der Waals surface area (Å²) in [6.45, 7) is 2.02. The van der Waals surface area contributed by atoms with Crippen LogP contribution in [0.4, 0.5) is 8.78 Å². The minimum absolute atomic E-state index is 0.191. The number of hydrogen-bond acceptors (Lipinski definition) is 1. The zero-order chi connectivity index (χ0) is 10.8. The van der Waals surface area contributed by atoms with E-state index in [1.165, 1.54) is 6.07 Å². The Kier molecular flexibility index (Phi) is 3.00. The molecule has 0 aliphatic carbocycles. The second kappa shape index (κ2) is 4.27. The van der Waals surface area contributed by atoms with E-state index < -0.39 is 12.5 Å². The number of aryl methyl sites for hydroxylation is 1. The van der Waals surface area contributed by atoms with Gasteiger partial charge in [-0.25, -0.2) is 8.78 Å². The van der Waals surface area contributed by atoms with Gasteiger partial charge in [0.05, 0.1) is 0 Å². The highest BCUT2D eigenvalue weighted by molar-refractivity contribution is 5.34. The van der Waals surface area contributed by atoms with E-state index in [0.29, 0.717) is 5.56 Å². The molecule has 1 N–H and O–H groups in total. The lowest BCUT2D eigenvalue weighted by molar-refractivity contribution is 0.460. The zero-order valence-corrected chi connectivity index (χ0v) is 8.82. The SMILES string of the molecule is Cc1cc(C2CCCN2)cc(F)c1CF. The third-order valence-corrected chi connectivity index (χ3v) is 3.04. The van der Waals surface area contributed by atoms with Gasteiger partial charge in [0.2, 0.25) is 0 Å². The van der Waals surface area contributed by atoms with Gasteiger partial charge < -0.3 is 5.32 Å². The summed E-state index contributed by atoms with van der Waals surface area (Å²) in [4.78, 5) is 0. The lowest BCUT2D eigenvalue weighted by Gasteiger charge is -2.13. The number of alkyl halides is 1. The number of benzene rings is 1. The lowest BCUT2D eigenvalue weighted by atomic mass is 9.99. The number of halogens is 2. The van der Waals surface area contributed by atoms with E-state index in [9.17, 15) is 8.78 Å². The zero-order valence-electron chi connectivity index (χ0n) is 8.82. The van der Waals surface area contributed by atoms with Crippen LogP contribution in [0.1, 0.15) is 35.6 Å². The smallest absolute Gasteiger partial charge is 0.129 e. The fourth-order valence-electron chi connectivity index (χ4n) is 2.14. The number of nitrogens with one attached hydrogen (secondary N) is 1. The van der Waals surface area contributed by atoms with Crippen LogP contribution in [0.3, 0.4) is 0 Å². The first-order valence-corrected chi connectivity index (χ1v) is 5.30. The average molecular weight is 211 g/mol. The predicted octanol–water partition coefficient (Wildman–Crippen LogP) is 3.03. The van der Waals surface area contributed by atoms with Crippen LogP contribution in [0, 0.1) is 12.7 Å². The van der Waals surface area contributed by atoms with Gasteiger partial charge in [-0.05, 0) is 43.5 Å². The van der Waals surface area contributed by atoms with Crippen LogP contribution in [-0.4, -0.2) is 6.54 Å². The predicted molar refractivity (Wildman–Crippen MR) is 55.9 cm³/mol. The number of hydrogen-bond donors (Lipinski definition) is 1. The summed E-state index contributed by atoms with van der Waals surface area (Å²) in [6, 6.07) is 3.60. The molecule has 1 heterocycles. The molecule has 1 aliphatic rings. The molecule has 1 aromatic rings. The first kappa shape index (κ1) is 10.6. The van der Waals surface area contributed by atoms with Crippen molar-refractivity contribution >= 4 is 0 Å². The molecule has 1 fully saturated rings. The molecule has 0 aromatic heterocycles. The van der Waals surface area contributed by atoms with Crippen molar-refractivity contribution in [3.63, 3.8) is 0 Å². The van der Waals surface area contributed by atoms with Gasteiger partial charge >= 0.3 is 0 Å². The molecule has 0 spiro atoms. The van der Waals surface area contributed by atoms with Crippen LogP contribution in [0.5, 0.6) is 0 Å². The first-order chi connectivity index (χ1) is 7.22. The van der Waals surface area contributed by atoms with Gasteiger partial charge in [-0.1, -0.05) is 6.07 Å². The van der Waals surface area contributed by atoms with Crippen molar-refractivity contribution in [1.82, 2.24) is 5.32 Å². The molecule has 1 aliphatic heterocycles. The summed E-state index contributed by atoms with van der Waals surface area (Å²) in [5.74, 6) is -0.416. The molecule has 1 atom stereocenters. The fourth-order valence-corrected chi connectivity index (χ4v) is 2.14. The largest absolute Gasteiger partial charge is 0.310 e. The van der Waals surface area contributed by atoms with Gasteiger partial charge in [-0.2, -0.15) is 0 Å². The lowest BCUT2D eigenvalue weighted by Crippen LogP contribution is -2.13. The van der Waals surface area contributed by atoms with E-state index in [2.05, 4.69) is 5.32 Å². The quantitative estimate of drug-likeness (QED) is 0.792. The van der Waals surface area contributed by atoms with E-state index in [1.54, 1.807) is 6.92 Å². The topological polar surface area (TPSA) is 12.0 Å². The summed E-state index contributed by atoms with van der Waals surface area (Å²) in [7, 11) is 0.